The van der Waals surface area contributed by atoms with Gasteiger partial charge in [0.15, 0.2) is 22.8 Å². The van der Waals surface area contributed by atoms with Crippen molar-refractivity contribution in [2.24, 2.45) is 17.8 Å². The largest absolute Gasteiger partial charge is 0.507 e. The van der Waals surface area contributed by atoms with Crippen LogP contribution in [-0.2, 0) is 25.5 Å². The van der Waals surface area contributed by atoms with Crippen molar-refractivity contribution in [3.63, 3.8) is 0 Å². The van der Waals surface area contributed by atoms with Crippen LogP contribution in [0.2, 0.25) is 0 Å². The number of carbonyl (C=O) groups excluding carboxylic acids is 3. The second kappa shape index (κ2) is 9.93. The zero-order valence-corrected chi connectivity index (χ0v) is 27.9. The second-order valence-corrected chi connectivity index (χ2v) is 15.4. The fourth-order valence-corrected chi connectivity index (χ4v) is 9.68. The molecule has 244 valence electrons. The van der Waals surface area contributed by atoms with Gasteiger partial charge in [0.25, 0.3) is 6.47 Å². The van der Waals surface area contributed by atoms with Crippen LogP contribution in [0.5, 0.6) is 17.2 Å². The van der Waals surface area contributed by atoms with Crippen LogP contribution in [0.3, 0.4) is 0 Å². The molecule has 1 aromatic carbocycles. The average Bonchev–Trinajstić information content (AvgIpc) is 3.12. The van der Waals surface area contributed by atoms with E-state index >= 15 is 0 Å². The maximum Gasteiger partial charge on any atom is 0.298 e. The maximum atomic E-state index is 15.0. The monoisotopic (exact) mass is 628 g/mol. The third kappa shape index (κ3) is 3.91. The van der Waals surface area contributed by atoms with E-state index in [0.29, 0.717) is 53.9 Å². The number of ether oxygens (including phenoxy) is 4. The minimum absolute atomic E-state index is 0.0546. The molecule has 3 fully saturated rings. The highest BCUT2D eigenvalue weighted by molar-refractivity contribution is 6.18. The first-order valence-electron chi connectivity index (χ1n) is 16.5. The van der Waals surface area contributed by atoms with E-state index in [9.17, 15) is 19.5 Å². The normalized spacial score (nSPS) is 36.0. The molecule has 0 aromatic heterocycles. The smallest absolute Gasteiger partial charge is 0.298 e. The van der Waals surface area contributed by atoms with Crippen LogP contribution >= 0.6 is 0 Å². The first kappa shape index (κ1) is 31.0. The number of phenolic OH excluding ortho intramolecular Hbond substituents is 1. The van der Waals surface area contributed by atoms with Gasteiger partial charge in [0.1, 0.15) is 34.2 Å². The van der Waals surface area contributed by atoms with Crippen molar-refractivity contribution < 1.29 is 38.4 Å². The molecule has 2 saturated carbocycles. The molecular formula is C38H44O8. The highest BCUT2D eigenvalue weighted by Gasteiger charge is 2.81. The van der Waals surface area contributed by atoms with Gasteiger partial charge in [0.05, 0.1) is 5.60 Å². The van der Waals surface area contributed by atoms with Crippen LogP contribution in [0.15, 0.2) is 47.3 Å². The highest BCUT2D eigenvalue weighted by atomic mass is 16.6. The molecule has 4 unspecified atom stereocenters. The van der Waals surface area contributed by atoms with E-state index in [2.05, 4.69) is 19.6 Å². The van der Waals surface area contributed by atoms with Gasteiger partial charge < -0.3 is 24.1 Å². The van der Waals surface area contributed by atoms with Crippen molar-refractivity contribution in [2.75, 3.05) is 0 Å². The lowest BCUT2D eigenvalue weighted by molar-refractivity contribution is -0.171. The molecule has 7 aliphatic rings. The SMILES string of the molecule is C=C(C)C1CC[C@]2(C)C[C@@H]1c1c(O)c3c(c(CC=C(C)C)c1O2)O[C@]12C(=CC4CC1C(C)(C)OC2(C/C=C(/C)OC=O)C4=O)C3=O. The Balaban J connectivity index is 1.51. The van der Waals surface area contributed by atoms with Crippen LogP contribution in [0.1, 0.15) is 108 Å². The van der Waals surface area contributed by atoms with Gasteiger partial charge in [-0.1, -0.05) is 29.9 Å². The number of allylic oxidation sites excluding steroid dienone is 5. The molecule has 7 atom stereocenters. The molecule has 6 bridgehead atoms. The fraction of sp³-hybridized carbons (Fsp3) is 0.553. The van der Waals surface area contributed by atoms with Crippen LogP contribution in [0, 0.1) is 17.8 Å². The highest BCUT2D eigenvalue weighted by Crippen LogP contribution is 2.69. The number of carbonyl (C=O) groups is 3. The van der Waals surface area contributed by atoms with E-state index in [4.69, 9.17) is 18.9 Å². The number of phenols is 1. The van der Waals surface area contributed by atoms with E-state index in [1.807, 2.05) is 34.6 Å². The minimum Gasteiger partial charge on any atom is -0.507 e. The number of fused-ring (bicyclic) bond motifs is 5. The van der Waals surface area contributed by atoms with Crippen LogP contribution in [-0.4, -0.2) is 45.5 Å². The fourth-order valence-electron chi connectivity index (χ4n) is 9.68. The van der Waals surface area contributed by atoms with Gasteiger partial charge in [-0.2, -0.15) is 0 Å². The summed E-state index contributed by atoms with van der Waals surface area (Å²) < 4.78 is 26.0. The van der Waals surface area contributed by atoms with Gasteiger partial charge in [0.2, 0.25) is 0 Å². The molecule has 1 saturated heterocycles. The summed E-state index contributed by atoms with van der Waals surface area (Å²) in [4.78, 5) is 40.4. The molecule has 8 nitrogen and oxygen atoms in total. The summed E-state index contributed by atoms with van der Waals surface area (Å²) in [6.45, 7) is 18.4. The van der Waals surface area contributed by atoms with E-state index in [0.717, 1.165) is 24.0 Å². The lowest BCUT2D eigenvalue weighted by Crippen LogP contribution is -2.72. The molecule has 1 spiro atoms. The average molecular weight is 629 g/mol. The van der Waals surface area contributed by atoms with Gasteiger partial charge in [0, 0.05) is 40.9 Å². The number of aromatic hydroxyl groups is 1. The lowest BCUT2D eigenvalue weighted by Gasteiger charge is -2.56. The standard InChI is InChI=1S/C38H44O8/c1-19(2)9-10-24-32-28(25-17-36(8,44-32)13-12-23(25)20(3)4)31(41)29-30(40)26-15-22-16-27-35(6,7)46-37(34(22)42,14-11-21(5)43-18-39)38(26,27)45-33(24)29/h9,11,15,18,22-23,25,27,41H,3,10,12-14,16-17H2,1-2,4-8H3/b21-11-/t22?,23?,25-,27?,36+,37?,38+/m0/s1. The van der Waals surface area contributed by atoms with Gasteiger partial charge in [-0.15, -0.1) is 0 Å². The van der Waals surface area contributed by atoms with Gasteiger partial charge in [-0.05, 0) is 92.6 Å². The Labute approximate surface area is 270 Å². The molecule has 1 aromatic rings. The van der Waals surface area contributed by atoms with Crippen molar-refractivity contribution in [3.05, 3.63) is 64.0 Å². The minimum atomic E-state index is -1.54. The Morgan fingerprint density at radius 3 is 2.52 bits per heavy atom. The van der Waals surface area contributed by atoms with Gasteiger partial charge in [-0.25, -0.2) is 0 Å². The summed E-state index contributed by atoms with van der Waals surface area (Å²) in [5.74, 6) is -0.231. The Hall–Kier alpha value is -3.65. The zero-order valence-electron chi connectivity index (χ0n) is 27.9. The number of benzene rings is 1. The lowest BCUT2D eigenvalue weighted by atomic mass is 9.51. The Bertz CT molecular complexity index is 1700. The molecule has 0 radical (unpaired) electrons. The topological polar surface area (TPSA) is 108 Å². The number of hydrogen-bond acceptors (Lipinski definition) is 8. The predicted molar refractivity (Wildman–Crippen MR) is 171 cm³/mol. The van der Waals surface area contributed by atoms with Crippen molar-refractivity contribution in [1.29, 1.82) is 0 Å². The summed E-state index contributed by atoms with van der Waals surface area (Å²) in [5.41, 5.74) is -0.259. The molecule has 3 aliphatic heterocycles. The molecule has 8 heteroatoms. The van der Waals surface area contributed by atoms with Gasteiger partial charge in [-0.3, -0.25) is 14.4 Å². The van der Waals surface area contributed by atoms with E-state index < -0.39 is 28.3 Å². The third-order valence-corrected chi connectivity index (χ3v) is 11.7. The summed E-state index contributed by atoms with van der Waals surface area (Å²) in [6, 6.07) is 0. The second-order valence-electron chi connectivity index (χ2n) is 15.4. The Morgan fingerprint density at radius 2 is 1.85 bits per heavy atom. The van der Waals surface area contributed by atoms with Crippen molar-refractivity contribution in [1.82, 2.24) is 0 Å². The number of rotatable bonds is 7. The van der Waals surface area contributed by atoms with Crippen LogP contribution in [0.25, 0.3) is 0 Å². The zero-order chi connectivity index (χ0) is 33.1. The molecule has 8 rings (SSSR count). The first-order chi connectivity index (χ1) is 21.6. The summed E-state index contributed by atoms with van der Waals surface area (Å²) in [5, 5.41) is 12.2. The van der Waals surface area contributed by atoms with Gasteiger partial charge >= 0.3 is 0 Å². The van der Waals surface area contributed by atoms with Crippen molar-refractivity contribution in [3.8, 4) is 17.2 Å². The molecule has 46 heavy (non-hydrogen) atoms. The molecule has 3 heterocycles. The molecule has 1 N–H and O–H groups in total. The maximum absolute atomic E-state index is 15.0. The molecular weight excluding hydrogens is 584 g/mol. The first-order valence-corrected chi connectivity index (χ1v) is 16.5. The Morgan fingerprint density at radius 1 is 1.11 bits per heavy atom. The number of hydrogen-bond donors (Lipinski definition) is 1. The number of Topliss-reactive ketones (excluding diaryl/α,β-unsaturated/α-hetero) is 2. The summed E-state index contributed by atoms with van der Waals surface area (Å²) in [7, 11) is 0. The van der Waals surface area contributed by atoms with E-state index in [-0.39, 0.29) is 52.8 Å². The molecule has 4 aliphatic carbocycles. The van der Waals surface area contributed by atoms with E-state index in [1.165, 1.54) is 0 Å². The molecule has 0 amide bonds. The predicted octanol–water partition coefficient (Wildman–Crippen LogP) is 6.99. The van der Waals surface area contributed by atoms with Crippen LogP contribution < -0.4 is 9.47 Å². The summed E-state index contributed by atoms with van der Waals surface area (Å²) in [6.07, 6.45) is 8.89. The quantitative estimate of drug-likeness (QED) is 0.196. The van der Waals surface area contributed by atoms with Crippen LogP contribution in [0.4, 0.5) is 0 Å². The third-order valence-electron chi connectivity index (χ3n) is 11.7. The van der Waals surface area contributed by atoms with E-state index in [1.54, 1.807) is 19.1 Å². The van der Waals surface area contributed by atoms with Crippen molar-refractivity contribution in [2.45, 2.75) is 115 Å². The van der Waals surface area contributed by atoms with Crippen molar-refractivity contribution >= 4 is 18.0 Å². The summed E-state index contributed by atoms with van der Waals surface area (Å²) >= 11 is 0. The number of ketones is 2. The Kier molecular flexibility index (Phi) is 6.68.